The third-order valence-electron chi connectivity index (χ3n) is 4.75. The lowest BCUT2D eigenvalue weighted by Gasteiger charge is -1.99. The summed E-state index contributed by atoms with van der Waals surface area (Å²) in [5.74, 6) is -1.59. The highest BCUT2D eigenvalue weighted by atomic mass is 16.4. The zero-order valence-electron chi connectivity index (χ0n) is 13.6. The van der Waals surface area contributed by atoms with Crippen molar-refractivity contribution in [1.82, 2.24) is 4.98 Å². The summed E-state index contributed by atoms with van der Waals surface area (Å²) < 4.78 is 0. The summed E-state index contributed by atoms with van der Waals surface area (Å²) in [5.41, 5.74) is 1.81. The molecule has 4 heteroatoms. The number of pyridine rings is 1. The number of carboxylic acid groups (broad SMARTS) is 1. The van der Waals surface area contributed by atoms with E-state index in [0.29, 0.717) is 0 Å². The molecule has 24 heavy (non-hydrogen) atoms. The van der Waals surface area contributed by atoms with Crippen LogP contribution in [0.4, 0.5) is 0 Å². The van der Waals surface area contributed by atoms with Crippen molar-refractivity contribution in [2.24, 2.45) is 17.3 Å². The highest BCUT2D eigenvalue weighted by Crippen LogP contribution is 2.56. The van der Waals surface area contributed by atoms with Gasteiger partial charge in [-0.15, -0.1) is 0 Å². The van der Waals surface area contributed by atoms with Gasteiger partial charge in [0.15, 0.2) is 0 Å². The van der Waals surface area contributed by atoms with Crippen molar-refractivity contribution in [3.63, 3.8) is 0 Å². The van der Waals surface area contributed by atoms with Crippen molar-refractivity contribution < 1.29 is 14.7 Å². The summed E-state index contributed by atoms with van der Waals surface area (Å²) in [6.07, 6.45) is 0.735. The first-order valence-electron chi connectivity index (χ1n) is 7.88. The molecule has 0 aliphatic heterocycles. The fourth-order valence-corrected chi connectivity index (χ4v) is 3.12. The van der Waals surface area contributed by atoms with Gasteiger partial charge in [-0.05, 0) is 23.6 Å². The summed E-state index contributed by atoms with van der Waals surface area (Å²) in [5, 5.41) is 10.9. The third kappa shape index (κ3) is 2.87. The van der Waals surface area contributed by atoms with Gasteiger partial charge in [0.2, 0.25) is 0 Å². The number of benzene rings is 2. The minimum absolute atomic E-state index is 0.273. The Hall–Kier alpha value is -2.75. The highest BCUT2D eigenvalue weighted by Gasteiger charge is 2.62. The Balaban J connectivity index is 0.000000150. The van der Waals surface area contributed by atoms with E-state index >= 15 is 0 Å². The van der Waals surface area contributed by atoms with Crippen LogP contribution in [-0.2, 0) is 9.59 Å². The fourth-order valence-electron chi connectivity index (χ4n) is 3.12. The van der Waals surface area contributed by atoms with Crippen LogP contribution in [0.5, 0.6) is 0 Å². The molecule has 1 aliphatic carbocycles. The maximum absolute atomic E-state index is 10.4. The van der Waals surface area contributed by atoms with Crippen LogP contribution in [0.2, 0.25) is 0 Å². The number of carboxylic acids is 1. The van der Waals surface area contributed by atoms with Crippen molar-refractivity contribution in [2.45, 2.75) is 13.8 Å². The Bertz CT molecular complexity index is 812. The molecule has 2 atom stereocenters. The highest BCUT2D eigenvalue weighted by molar-refractivity contribution is 5.92. The van der Waals surface area contributed by atoms with Crippen LogP contribution in [0, 0.1) is 17.3 Å². The number of para-hydroxylation sites is 2. The van der Waals surface area contributed by atoms with E-state index in [1.807, 2.05) is 36.4 Å². The van der Waals surface area contributed by atoms with E-state index in [4.69, 9.17) is 5.11 Å². The zero-order chi connectivity index (χ0) is 17.3. The Morgan fingerprint density at radius 1 is 1.04 bits per heavy atom. The quantitative estimate of drug-likeness (QED) is 0.573. The standard InChI is InChI=1S/C13H9N.C7H10O3/c1-3-7-12-10(5-1)9-11-6-2-4-8-13(11)14-12;1-7(2)4(3-8)5(7)6(9)10/h1-9H;3-5H,1-2H3,(H,9,10). The summed E-state index contributed by atoms with van der Waals surface area (Å²) in [4.78, 5) is 25.2. The van der Waals surface area contributed by atoms with Crippen molar-refractivity contribution in [3.05, 3.63) is 54.6 Å². The number of aliphatic carboxylic acids is 1. The van der Waals surface area contributed by atoms with Crippen LogP contribution in [0.1, 0.15) is 13.8 Å². The lowest BCUT2D eigenvalue weighted by atomic mass is 10.1. The topological polar surface area (TPSA) is 67.3 Å². The van der Waals surface area contributed by atoms with Gasteiger partial charge >= 0.3 is 5.97 Å². The van der Waals surface area contributed by atoms with E-state index in [0.717, 1.165) is 17.3 Å². The molecule has 3 aromatic rings. The molecule has 1 aliphatic rings. The van der Waals surface area contributed by atoms with Crippen molar-refractivity contribution in [2.75, 3.05) is 0 Å². The molecule has 1 fully saturated rings. The Morgan fingerprint density at radius 3 is 1.92 bits per heavy atom. The molecule has 1 heterocycles. The lowest BCUT2D eigenvalue weighted by molar-refractivity contribution is -0.139. The molecule has 2 unspecified atom stereocenters. The average molecular weight is 321 g/mol. The maximum atomic E-state index is 10.4. The van der Waals surface area contributed by atoms with Gasteiger partial charge in [-0.25, -0.2) is 4.98 Å². The van der Waals surface area contributed by atoms with Crippen LogP contribution in [0.25, 0.3) is 21.8 Å². The van der Waals surface area contributed by atoms with Crippen LogP contribution in [0.15, 0.2) is 54.6 Å². The smallest absolute Gasteiger partial charge is 0.307 e. The second-order valence-electron chi connectivity index (χ2n) is 6.67. The van der Waals surface area contributed by atoms with Crippen LogP contribution >= 0.6 is 0 Å². The second kappa shape index (κ2) is 6.04. The molecule has 0 spiro atoms. The van der Waals surface area contributed by atoms with E-state index in [-0.39, 0.29) is 11.3 Å². The summed E-state index contributed by atoms with van der Waals surface area (Å²) in [7, 11) is 0. The number of hydrogen-bond acceptors (Lipinski definition) is 3. The number of rotatable bonds is 2. The molecular weight excluding hydrogens is 302 g/mol. The van der Waals surface area contributed by atoms with Gasteiger partial charge in [0.25, 0.3) is 0 Å². The summed E-state index contributed by atoms with van der Waals surface area (Å²) in [6, 6.07) is 18.6. The number of aldehydes is 1. The Labute approximate surface area is 140 Å². The van der Waals surface area contributed by atoms with Crippen LogP contribution < -0.4 is 0 Å². The summed E-state index contributed by atoms with van der Waals surface area (Å²) in [6.45, 7) is 3.59. The average Bonchev–Trinajstić information content (AvgIpc) is 3.15. The van der Waals surface area contributed by atoms with Crippen LogP contribution in [0.3, 0.4) is 0 Å². The van der Waals surface area contributed by atoms with E-state index in [1.165, 1.54) is 10.8 Å². The van der Waals surface area contributed by atoms with Crippen molar-refractivity contribution >= 4 is 34.1 Å². The molecule has 0 saturated heterocycles. The minimum atomic E-state index is -0.859. The minimum Gasteiger partial charge on any atom is -0.481 e. The number of aromatic nitrogens is 1. The zero-order valence-corrected chi connectivity index (χ0v) is 13.6. The molecule has 4 rings (SSSR count). The predicted molar refractivity (Wildman–Crippen MR) is 93.7 cm³/mol. The van der Waals surface area contributed by atoms with Gasteiger partial charge in [-0.1, -0.05) is 50.2 Å². The number of carbonyl (C=O) groups excluding carboxylic acids is 1. The molecule has 1 saturated carbocycles. The molecule has 122 valence electrons. The van der Waals surface area contributed by atoms with Crippen LogP contribution in [-0.4, -0.2) is 22.3 Å². The van der Waals surface area contributed by atoms with E-state index in [1.54, 1.807) is 13.8 Å². The van der Waals surface area contributed by atoms with Gasteiger partial charge in [-0.3, -0.25) is 4.79 Å². The first-order chi connectivity index (χ1) is 11.4. The molecule has 4 nitrogen and oxygen atoms in total. The lowest BCUT2D eigenvalue weighted by Crippen LogP contribution is -2.03. The fraction of sp³-hybridized carbons (Fsp3) is 0.250. The van der Waals surface area contributed by atoms with E-state index < -0.39 is 11.9 Å². The number of carbonyl (C=O) groups is 2. The van der Waals surface area contributed by atoms with E-state index in [9.17, 15) is 9.59 Å². The first-order valence-corrected chi connectivity index (χ1v) is 7.88. The number of nitrogens with zero attached hydrogens (tertiary/aromatic N) is 1. The third-order valence-corrected chi connectivity index (χ3v) is 4.75. The normalized spacial score (nSPS) is 20.9. The first kappa shape index (κ1) is 16.1. The van der Waals surface area contributed by atoms with Gasteiger partial charge in [0.05, 0.1) is 17.0 Å². The van der Waals surface area contributed by atoms with Gasteiger partial charge in [-0.2, -0.15) is 0 Å². The van der Waals surface area contributed by atoms with Crippen molar-refractivity contribution in [1.29, 1.82) is 0 Å². The predicted octanol–water partition coefficient (Wildman–Crippen LogP) is 3.93. The Morgan fingerprint density at radius 2 is 1.54 bits per heavy atom. The number of hydrogen-bond donors (Lipinski definition) is 1. The van der Waals surface area contributed by atoms with Gasteiger partial charge in [0, 0.05) is 16.7 Å². The SMILES string of the molecule is CC1(C)C(C=O)C1C(=O)O.c1ccc2nc3ccccc3cc2c1. The summed E-state index contributed by atoms with van der Waals surface area (Å²) >= 11 is 0. The molecule has 0 amide bonds. The maximum Gasteiger partial charge on any atom is 0.307 e. The van der Waals surface area contributed by atoms with Crippen molar-refractivity contribution in [3.8, 4) is 0 Å². The molecule has 0 bridgehead atoms. The molecule has 0 radical (unpaired) electrons. The monoisotopic (exact) mass is 321 g/mol. The molecular formula is C20H19NO3. The number of fused-ring (bicyclic) bond motifs is 2. The van der Waals surface area contributed by atoms with E-state index in [2.05, 4.69) is 23.2 Å². The Kier molecular flexibility index (Phi) is 4.06. The van der Waals surface area contributed by atoms with Gasteiger partial charge in [0.1, 0.15) is 6.29 Å². The second-order valence-corrected chi connectivity index (χ2v) is 6.67. The molecule has 1 aromatic heterocycles. The molecule has 1 N–H and O–H groups in total. The van der Waals surface area contributed by atoms with Gasteiger partial charge < -0.3 is 9.90 Å². The molecule has 2 aromatic carbocycles. The largest absolute Gasteiger partial charge is 0.481 e.